The van der Waals surface area contributed by atoms with Gasteiger partial charge in [-0.05, 0) is 28.8 Å². The highest BCUT2D eigenvalue weighted by Crippen LogP contribution is 2.25. The minimum absolute atomic E-state index is 0.238. The van der Waals surface area contributed by atoms with E-state index in [1.807, 2.05) is 24.3 Å². The Labute approximate surface area is 107 Å². The van der Waals surface area contributed by atoms with Crippen molar-refractivity contribution in [1.82, 2.24) is 0 Å². The van der Waals surface area contributed by atoms with E-state index >= 15 is 0 Å². The molecular formula is C15H15FO2. The van der Waals surface area contributed by atoms with Gasteiger partial charge in [-0.25, -0.2) is 4.39 Å². The Bertz CT molecular complexity index is 552. The summed E-state index contributed by atoms with van der Waals surface area (Å²) < 4.78 is 25.1. The van der Waals surface area contributed by atoms with Gasteiger partial charge in [-0.3, -0.25) is 0 Å². The molecule has 0 radical (unpaired) electrons. The lowest BCUT2D eigenvalue weighted by Crippen LogP contribution is -1.98. The topological polar surface area (TPSA) is 29.5 Å². The molecule has 1 N–H and O–H groups in total. The predicted octanol–water partition coefficient (Wildman–Crippen LogP) is 3.37. The standard InChI is InChI=1S/C15H15FO2/c1-18-14-4-2-3-13(9-14)11-5-7-12(8-6-11)15(17)10-16/h2-9,15,17H,10H2,1H3/i15D. The first-order valence-electron chi connectivity index (χ1n) is 6.10. The maximum Gasteiger partial charge on any atom is 0.119 e. The molecule has 0 bridgehead atoms. The fourth-order valence-corrected chi connectivity index (χ4v) is 1.73. The zero-order chi connectivity index (χ0) is 13.9. The van der Waals surface area contributed by atoms with Crippen LogP contribution in [0.1, 0.15) is 13.0 Å². The first-order valence-corrected chi connectivity index (χ1v) is 5.60. The maximum atomic E-state index is 12.5. The fraction of sp³-hybridized carbons (Fsp3) is 0.200. The molecule has 0 aliphatic carbocycles. The fourth-order valence-electron chi connectivity index (χ4n) is 1.73. The molecule has 2 nitrogen and oxygen atoms in total. The van der Waals surface area contributed by atoms with Gasteiger partial charge in [-0.1, -0.05) is 36.4 Å². The van der Waals surface area contributed by atoms with Crippen molar-refractivity contribution in [2.75, 3.05) is 13.8 Å². The van der Waals surface area contributed by atoms with Crippen LogP contribution < -0.4 is 4.74 Å². The van der Waals surface area contributed by atoms with Gasteiger partial charge in [0.1, 0.15) is 18.5 Å². The molecule has 0 amide bonds. The third kappa shape index (κ3) is 2.68. The van der Waals surface area contributed by atoms with Gasteiger partial charge < -0.3 is 9.84 Å². The Balaban J connectivity index is 2.32. The molecule has 1 unspecified atom stereocenters. The molecule has 0 aromatic heterocycles. The van der Waals surface area contributed by atoms with Gasteiger partial charge in [0.05, 0.1) is 8.48 Å². The normalized spacial score (nSPS) is 14.7. The number of aliphatic hydroxyl groups is 1. The number of hydrogen-bond acceptors (Lipinski definition) is 2. The quantitative estimate of drug-likeness (QED) is 0.897. The van der Waals surface area contributed by atoms with Gasteiger partial charge in [0.15, 0.2) is 0 Å². The Kier molecular flexibility index (Phi) is 3.52. The van der Waals surface area contributed by atoms with Crippen LogP contribution in [0.5, 0.6) is 5.75 Å². The van der Waals surface area contributed by atoms with Crippen LogP contribution in [0.4, 0.5) is 4.39 Å². The summed E-state index contributed by atoms with van der Waals surface area (Å²) >= 11 is 0. The summed E-state index contributed by atoms with van der Waals surface area (Å²) in [4.78, 5) is 0. The zero-order valence-electron chi connectivity index (χ0n) is 11.1. The zero-order valence-corrected chi connectivity index (χ0v) is 10.1. The highest BCUT2D eigenvalue weighted by Gasteiger charge is 2.06. The van der Waals surface area contributed by atoms with E-state index in [4.69, 9.17) is 6.11 Å². The van der Waals surface area contributed by atoms with Crippen molar-refractivity contribution in [3.05, 3.63) is 54.1 Å². The van der Waals surface area contributed by atoms with Gasteiger partial charge in [-0.15, -0.1) is 0 Å². The molecule has 0 aliphatic rings. The van der Waals surface area contributed by atoms with Crippen LogP contribution >= 0.6 is 0 Å². The van der Waals surface area contributed by atoms with Gasteiger partial charge in [0.2, 0.25) is 0 Å². The smallest absolute Gasteiger partial charge is 0.119 e. The van der Waals surface area contributed by atoms with Crippen LogP contribution in [0.2, 0.25) is 0 Å². The molecule has 0 spiro atoms. The van der Waals surface area contributed by atoms with Crippen molar-refractivity contribution >= 4 is 0 Å². The van der Waals surface area contributed by atoms with Crippen LogP contribution in [-0.2, 0) is 0 Å². The van der Waals surface area contributed by atoms with Crippen LogP contribution in [-0.4, -0.2) is 18.9 Å². The molecule has 0 saturated heterocycles. The van der Waals surface area contributed by atoms with Gasteiger partial charge >= 0.3 is 0 Å². The summed E-state index contributed by atoms with van der Waals surface area (Å²) in [5.41, 5.74) is 2.11. The summed E-state index contributed by atoms with van der Waals surface area (Å²) in [6.45, 7) is -1.13. The number of halogens is 1. The highest BCUT2D eigenvalue weighted by atomic mass is 19.1. The van der Waals surface area contributed by atoms with E-state index in [1.54, 1.807) is 31.4 Å². The molecule has 1 atom stereocenters. The second-order valence-corrected chi connectivity index (χ2v) is 3.89. The summed E-state index contributed by atoms with van der Waals surface area (Å²) in [5, 5.41) is 9.51. The number of hydrogen-bond donors (Lipinski definition) is 1. The number of benzene rings is 2. The molecule has 0 saturated carbocycles. The summed E-state index contributed by atoms with van der Waals surface area (Å²) in [6, 6.07) is 14.2. The average molecular weight is 247 g/mol. The van der Waals surface area contributed by atoms with Crippen molar-refractivity contribution in [1.29, 1.82) is 0 Å². The highest BCUT2D eigenvalue weighted by molar-refractivity contribution is 5.65. The maximum absolute atomic E-state index is 12.5. The summed E-state index contributed by atoms with van der Waals surface area (Å²) in [6.07, 6.45) is -2.17. The first kappa shape index (κ1) is 11.2. The number of ether oxygens (including phenoxy) is 1. The molecule has 0 fully saturated rings. The van der Waals surface area contributed by atoms with E-state index < -0.39 is 12.8 Å². The number of alkyl halides is 1. The molecule has 0 heterocycles. The Morgan fingerprint density at radius 1 is 1.22 bits per heavy atom. The van der Waals surface area contributed by atoms with Gasteiger partial charge in [-0.2, -0.15) is 0 Å². The van der Waals surface area contributed by atoms with Crippen molar-refractivity contribution in [2.45, 2.75) is 6.08 Å². The van der Waals surface area contributed by atoms with Crippen LogP contribution in [0.15, 0.2) is 48.5 Å². The van der Waals surface area contributed by atoms with Crippen LogP contribution in [0.25, 0.3) is 11.1 Å². The third-order valence-corrected chi connectivity index (χ3v) is 2.75. The van der Waals surface area contributed by atoms with E-state index in [-0.39, 0.29) is 5.56 Å². The van der Waals surface area contributed by atoms with Crippen molar-refractivity contribution in [3.63, 3.8) is 0 Å². The Morgan fingerprint density at radius 3 is 2.56 bits per heavy atom. The van der Waals surface area contributed by atoms with Crippen molar-refractivity contribution in [2.24, 2.45) is 0 Å². The lowest BCUT2D eigenvalue weighted by Gasteiger charge is -2.08. The molecular weight excluding hydrogens is 231 g/mol. The molecule has 2 aromatic carbocycles. The van der Waals surface area contributed by atoms with Crippen molar-refractivity contribution < 1.29 is 15.6 Å². The molecule has 2 aromatic rings. The molecule has 18 heavy (non-hydrogen) atoms. The lowest BCUT2D eigenvalue weighted by molar-refractivity contribution is 0.142. The second-order valence-electron chi connectivity index (χ2n) is 3.89. The Morgan fingerprint density at radius 2 is 1.94 bits per heavy atom. The first-order chi connectivity index (χ1) is 9.06. The number of methoxy groups -OCH3 is 1. The van der Waals surface area contributed by atoms with E-state index in [9.17, 15) is 9.50 Å². The van der Waals surface area contributed by atoms with Crippen LogP contribution in [0.3, 0.4) is 0 Å². The predicted molar refractivity (Wildman–Crippen MR) is 69.4 cm³/mol. The minimum Gasteiger partial charge on any atom is -0.497 e. The summed E-state index contributed by atoms with van der Waals surface area (Å²) in [7, 11) is 1.60. The van der Waals surface area contributed by atoms with Gasteiger partial charge in [0, 0.05) is 0 Å². The lowest BCUT2D eigenvalue weighted by atomic mass is 10.0. The van der Waals surface area contributed by atoms with Gasteiger partial charge in [0.25, 0.3) is 0 Å². The largest absolute Gasteiger partial charge is 0.497 e. The van der Waals surface area contributed by atoms with Crippen molar-refractivity contribution in [3.8, 4) is 16.9 Å². The minimum atomic E-state index is -2.17. The average Bonchev–Trinajstić information content (AvgIpc) is 2.47. The SMILES string of the molecule is [2H]C(O)(CF)c1ccc(-c2cccc(OC)c2)cc1. The Hall–Kier alpha value is -1.87. The summed E-state index contributed by atoms with van der Waals surface area (Å²) in [5.74, 6) is 0.752. The molecule has 0 aliphatic heterocycles. The second kappa shape index (κ2) is 5.65. The van der Waals surface area contributed by atoms with E-state index in [0.717, 1.165) is 16.9 Å². The van der Waals surface area contributed by atoms with E-state index in [0.29, 0.717) is 0 Å². The molecule has 2 rings (SSSR count). The van der Waals surface area contributed by atoms with E-state index in [1.165, 1.54) is 0 Å². The monoisotopic (exact) mass is 247 g/mol. The van der Waals surface area contributed by atoms with E-state index in [2.05, 4.69) is 0 Å². The third-order valence-electron chi connectivity index (χ3n) is 2.75. The molecule has 94 valence electrons. The van der Waals surface area contributed by atoms with Crippen LogP contribution in [0, 0.1) is 0 Å². The number of rotatable bonds is 4. The molecule has 3 heteroatoms.